The Morgan fingerprint density at radius 1 is 1.15 bits per heavy atom. The molecule has 6 heteroatoms. The van der Waals surface area contributed by atoms with Gasteiger partial charge >= 0.3 is 0 Å². The van der Waals surface area contributed by atoms with Crippen molar-refractivity contribution in [1.29, 1.82) is 21.2 Å². The van der Waals surface area contributed by atoms with Crippen molar-refractivity contribution in [3.05, 3.63) is 35.4 Å². The van der Waals surface area contributed by atoms with E-state index >= 15 is 0 Å². The van der Waals surface area contributed by atoms with Crippen LogP contribution < -0.4 is 9.47 Å². The number of methoxy groups -OCH3 is 2. The van der Waals surface area contributed by atoms with Gasteiger partial charge in [0.1, 0.15) is 5.92 Å². The normalized spacial score (nSPS) is 25.8. The van der Waals surface area contributed by atoms with Gasteiger partial charge in [0.05, 0.1) is 38.1 Å². The van der Waals surface area contributed by atoms with E-state index in [4.69, 9.17) is 14.9 Å². The van der Waals surface area contributed by atoms with Gasteiger partial charge in [-0.1, -0.05) is 18.2 Å². The van der Waals surface area contributed by atoms with Crippen molar-refractivity contribution in [1.82, 2.24) is 0 Å². The van der Waals surface area contributed by atoms with Gasteiger partial charge in [0, 0.05) is 11.5 Å². The van der Waals surface area contributed by atoms with Crippen LogP contribution in [-0.4, -0.2) is 19.9 Å². The molecule has 6 nitrogen and oxygen atoms in total. The molecule has 0 bridgehead atoms. The molecule has 1 fully saturated rings. The minimum Gasteiger partial charge on any atom is -0.493 e. The first kappa shape index (κ1) is 18.5. The highest BCUT2D eigenvalue weighted by atomic mass is 16.5. The summed E-state index contributed by atoms with van der Waals surface area (Å²) >= 11 is 0. The summed E-state index contributed by atoms with van der Waals surface area (Å²) in [5.74, 6) is -0.621. The first-order valence-corrected chi connectivity index (χ1v) is 8.81. The summed E-state index contributed by atoms with van der Waals surface area (Å²) in [5, 5.41) is 38.3. The number of ether oxygens (including phenoxy) is 2. The number of allylic oxidation sites excluding steroid dienone is 2. The number of hydrogen-bond acceptors (Lipinski definition) is 6. The Kier molecular flexibility index (Phi) is 4.89. The van der Waals surface area contributed by atoms with Crippen molar-refractivity contribution in [3.63, 3.8) is 0 Å². The quantitative estimate of drug-likeness (QED) is 0.825. The number of para-hydroxylation sites is 1. The topological polar surface area (TPSA) is 114 Å². The third-order valence-corrected chi connectivity index (χ3v) is 5.69. The minimum atomic E-state index is -1.72. The van der Waals surface area contributed by atoms with Gasteiger partial charge in [0.25, 0.3) is 0 Å². The van der Waals surface area contributed by atoms with Crippen molar-refractivity contribution in [2.24, 2.45) is 17.3 Å². The molecule has 2 aliphatic carbocycles. The highest BCUT2D eigenvalue weighted by molar-refractivity contribution is 6.01. The summed E-state index contributed by atoms with van der Waals surface area (Å²) < 4.78 is 11.0. The first-order chi connectivity index (χ1) is 13.1. The maximum atomic E-state index is 10.0. The summed E-state index contributed by atoms with van der Waals surface area (Å²) in [5.41, 5.74) is -0.350. The van der Waals surface area contributed by atoms with Gasteiger partial charge in [0.2, 0.25) is 0 Å². The third kappa shape index (κ3) is 2.56. The van der Waals surface area contributed by atoms with E-state index in [0.717, 1.165) is 24.8 Å². The van der Waals surface area contributed by atoms with E-state index in [2.05, 4.69) is 18.2 Å². The van der Waals surface area contributed by atoms with Gasteiger partial charge in [0.15, 0.2) is 16.9 Å². The fourth-order valence-electron chi connectivity index (χ4n) is 4.51. The molecule has 1 aromatic rings. The second kappa shape index (κ2) is 7.14. The summed E-state index contributed by atoms with van der Waals surface area (Å²) in [6, 6.07) is 11.7. The van der Waals surface area contributed by atoms with Crippen LogP contribution in [0.25, 0.3) is 0 Å². The van der Waals surface area contributed by atoms with Crippen molar-refractivity contribution < 1.29 is 9.47 Å². The maximum Gasteiger partial charge on any atom is 0.189 e. The van der Waals surface area contributed by atoms with Crippen LogP contribution in [0.5, 0.6) is 11.5 Å². The predicted octanol–water partition coefficient (Wildman–Crippen LogP) is 3.72. The van der Waals surface area contributed by atoms with E-state index in [1.165, 1.54) is 14.2 Å². The molecule has 0 aliphatic heterocycles. The number of rotatable bonds is 3. The molecule has 3 atom stereocenters. The molecule has 0 spiro atoms. The van der Waals surface area contributed by atoms with Crippen LogP contribution in [0.3, 0.4) is 0 Å². The molecule has 0 amide bonds. The predicted molar refractivity (Wildman–Crippen MR) is 98.2 cm³/mol. The van der Waals surface area contributed by atoms with E-state index in [9.17, 15) is 15.8 Å². The zero-order valence-electron chi connectivity index (χ0n) is 15.3. The molecule has 0 radical (unpaired) electrons. The van der Waals surface area contributed by atoms with Gasteiger partial charge in [-0.25, -0.2) is 0 Å². The highest BCUT2D eigenvalue weighted by Crippen LogP contribution is 2.57. The molecule has 136 valence electrons. The first-order valence-electron chi connectivity index (χ1n) is 8.81. The van der Waals surface area contributed by atoms with E-state index in [0.29, 0.717) is 17.1 Å². The van der Waals surface area contributed by atoms with Gasteiger partial charge in [-0.3, -0.25) is 0 Å². The van der Waals surface area contributed by atoms with Gasteiger partial charge in [-0.05, 0) is 36.8 Å². The van der Waals surface area contributed by atoms with Crippen molar-refractivity contribution in [2.45, 2.75) is 25.2 Å². The smallest absolute Gasteiger partial charge is 0.189 e. The second-order valence-electron chi connectivity index (χ2n) is 6.81. The Balaban J connectivity index is 2.32. The van der Waals surface area contributed by atoms with Crippen LogP contribution in [0.1, 0.15) is 30.7 Å². The Hall–Kier alpha value is -3.30. The van der Waals surface area contributed by atoms with E-state index in [1.807, 2.05) is 12.1 Å². The molecule has 0 aromatic heterocycles. The zero-order chi connectivity index (χ0) is 19.6. The highest BCUT2D eigenvalue weighted by Gasteiger charge is 2.57. The van der Waals surface area contributed by atoms with Crippen molar-refractivity contribution in [3.8, 4) is 29.7 Å². The van der Waals surface area contributed by atoms with Crippen LogP contribution in [0, 0.1) is 56.7 Å². The molecule has 3 rings (SSSR count). The second-order valence-corrected chi connectivity index (χ2v) is 6.81. The SMILES string of the molecule is COc1cccc([C@@H]2[C@H]3CCCC=C3[C@H](C#N)C(=N)C2(C#N)C#N)c1OC. The molecule has 2 aliphatic rings. The lowest BCUT2D eigenvalue weighted by Crippen LogP contribution is -2.48. The Morgan fingerprint density at radius 2 is 1.89 bits per heavy atom. The molecule has 0 unspecified atom stereocenters. The van der Waals surface area contributed by atoms with E-state index in [1.54, 1.807) is 12.1 Å². The van der Waals surface area contributed by atoms with Gasteiger partial charge in [-0.2, -0.15) is 15.8 Å². The zero-order valence-corrected chi connectivity index (χ0v) is 15.3. The monoisotopic (exact) mass is 360 g/mol. The fraction of sp³-hybridized carbons (Fsp3) is 0.429. The molecular formula is C21H20N4O2. The average molecular weight is 360 g/mol. The van der Waals surface area contributed by atoms with Crippen LogP contribution in [0.15, 0.2) is 29.8 Å². The average Bonchev–Trinajstić information content (AvgIpc) is 2.72. The lowest BCUT2D eigenvalue weighted by Gasteiger charge is -2.46. The molecular weight excluding hydrogens is 340 g/mol. The number of nitrogens with one attached hydrogen (secondary N) is 1. The van der Waals surface area contributed by atoms with E-state index in [-0.39, 0.29) is 11.6 Å². The van der Waals surface area contributed by atoms with Crippen LogP contribution in [-0.2, 0) is 0 Å². The number of fused-ring (bicyclic) bond motifs is 1. The number of nitrogens with zero attached hydrogens (tertiary/aromatic N) is 3. The van der Waals surface area contributed by atoms with Crippen LogP contribution in [0.2, 0.25) is 0 Å². The van der Waals surface area contributed by atoms with Crippen LogP contribution in [0.4, 0.5) is 0 Å². The van der Waals surface area contributed by atoms with Crippen molar-refractivity contribution in [2.75, 3.05) is 14.2 Å². The number of hydrogen-bond donors (Lipinski definition) is 1. The summed E-state index contributed by atoms with van der Waals surface area (Å²) in [7, 11) is 3.05. The Bertz CT molecular complexity index is 915. The number of benzene rings is 1. The maximum absolute atomic E-state index is 10.0. The van der Waals surface area contributed by atoms with Crippen molar-refractivity contribution >= 4 is 5.71 Å². The van der Waals surface area contributed by atoms with E-state index < -0.39 is 17.3 Å². The molecule has 0 saturated heterocycles. The Morgan fingerprint density at radius 3 is 2.48 bits per heavy atom. The summed E-state index contributed by atoms with van der Waals surface area (Å²) in [4.78, 5) is 0. The van der Waals surface area contributed by atoms with Gasteiger partial charge < -0.3 is 14.9 Å². The molecule has 1 aromatic carbocycles. The van der Waals surface area contributed by atoms with Crippen LogP contribution >= 0.6 is 0 Å². The fourth-order valence-corrected chi connectivity index (χ4v) is 4.51. The third-order valence-electron chi connectivity index (χ3n) is 5.69. The summed E-state index contributed by atoms with van der Waals surface area (Å²) in [6.07, 6.45) is 4.52. The standard InChI is InChI=1S/C21H20N4O2/c1-26-17-9-5-8-15(19(17)27-2)18-14-7-4-3-6-13(14)16(10-22)20(25)21(18,11-23)12-24/h5-6,8-9,14,16,18,25H,3-4,7H2,1-2H3/t14-,16-,18-/m0/s1. The molecule has 1 N–H and O–H groups in total. The lowest BCUT2D eigenvalue weighted by molar-refractivity contribution is 0.300. The Labute approximate surface area is 158 Å². The lowest BCUT2D eigenvalue weighted by atomic mass is 9.53. The van der Waals surface area contributed by atoms with Gasteiger partial charge in [-0.15, -0.1) is 0 Å². The number of nitriles is 3. The largest absolute Gasteiger partial charge is 0.493 e. The molecule has 0 heterocycles. The molecule has 1 saturated carbocycles. The molecule has 27 heavy (non-hydrogen) atoms. The summed E-state index contributed by atoms with van der Waals surface area (Å²) in [6.45, 7) is 0. The minimum absolute atomic E-state index is 0.144.